The van der Waals surface area contributed by atoms with Crippen LogP contribution >= 0.6 is 0 Å². The molecule has 0 aliphatic carbocycles. The van der Waals surface area contributed by atoms with Gasteiger partial charge in [-0.15, -0.1) is 0 Å². The van der Waals surface area contributed by atoms with Gasteiger partial charge in [0, 0.05) is 11.6 Å². The zero-order valence-electron chi connectivity index (χ0n) is 14.6. The van der Waals surface area contributed by atoms with Crippen molar-refractivity contribution in [2.45, 2.75) is 31.7 Å². The molecule has 5 nitrogen and oxygen atoms in total. The molecule has 6 heteroatoms. The van der Waals surface area contributed by atoms with E-state index in [1.165, 1.54) is 0 Å². The number of nitrogens with one attached hydrogen (secondary N) is 1. The highest BCUT2D eigenvalue weighted by atomic mass is 32.2. The van der Waals surface area contributed by atoms with Crippen molar-refractivity contribution in [1.82, 2.24) is 4.72 Å². The minimum absolute atomic E-state index is 0.252. The monoisotopic (exact) mass is 349 g/mol. The van der Waals surface area contributed by atoms with Crippen molar-refractivity contribution in [3.05, 3.63) is 53.1 Å². The van der Waals surface area contributed by atoms with Crippen LogP contribution in [0.3, 0.4) is 0 Å². The smallest absolute Gasteiger partial charge is 0.241 e. The predicted octanol–water partition coefficient (Wildman–Crippen LogP) is 3.36. The average Bonchev–Trinajstić information content (AvgIpc) is 2.55. The highest BCUT2D eigenvalue weighted by molar-refractivity contribution is 7.89. The van der Waals surface area contributed by atoms with Crippen LogP contribution in [-0.2, 0) is 10.0 Å². The van der Waals surface area contributed by atoms with Gasteiger partial charge < -0.3 is 9.47 Å². The van der Waals surface area contributed by atoms with Crippen LogP contribution in [0.4, 0.5) is 0 Å². The van der Waals surface area contributed by atoms with Crippen molar-refractivity contribution in [2.75, 3.05) is 14.2 Å². The van der Waals surface area contributed by atoms with Gasteiger partial charge in [0.2, 0.25) is 10.0 Å². The number of aryl methyl sites for hydroxylation is 2. The third kappa shape index (κ3) is 3.71. The lowest BCUT2D eigenvalue weighted by molar-refractivity contribution is 0.405. The maximum absolute atomic E-state index is 12.8. The van der Waals surface area contributed by atoms with Gasteiger partial charge in [-0.05, 0) is 50.1 Å². The van der Waals surface area contributed by atoms with E-state index in [0.29, 0.717) is 17.1 Å². The van der Waals surface area contributed by atoms with Gasteiger partial charge in [0.25, 0.3) is 0 Å². The molecule has 0 saturated heterocycles. The summed E-state index contributed by atoms with van der Waals surface area (Å²) in [6, 6.07) is 10.3. The van der Waals surface area contributed by atoms with E-state index in [4.69, 9.17) is 9.47 Å². The molecular formula is C18H23NO4S. The fourth-order valence-electron chi connectivity index (χ4n) is 2.66. The molecule has 0 heterocycles. The summed E-state index contributed by atoms with van der Waals surface area (Å²) in [5.74, 6) is 1.32. The van der Waals surface area contributed by atoms with Gasteiger partial charge in [0.15, 0.2) is 0 Å². The van der Waals surface area contributed by atoms with Crippen molar-refractivity contribution in [2.24, 2.45) is 0 Å². The fourth-order valence-corrected chi connectivity index (χ4v) is 4.19. The molecule has 0 fully saturated rings. The molecule has 2 rings (SSSR count). The normalized spacial score (nSPS) is 12.7. The molecule has 130 valence electrons. The lowest BCUT2D eigenvalue weighted by Gasteiger charge is -2.19. The summed E-state index contributed by atoms with van der Waals surface area (Å²) in [5, 5.41) is 0. The van der Waals surface area contributed by atoms with E-state index in [1.54, 1.807) is 40.2 Å². The van der Waals surface area contributed by atoms with E-state index < -0.39 is 16.1 Å². The number of para-hydroxylation sites is 1. The van der Waals surface area contributed by atoms with Gasteiger partial charge in [-0.25, -0.2) is 13.1 Å². The first-order valence-corrected chi connectivity index (χ1v) is 9.09. The van der Waals surface area contributed by atoms with E-state index in [1.807, 2.05) is 31.2 Å². The first-order chi connectivity index (χ1) is 11.3. The SMILES string of the molecule is COc1cc(C)c(S(=O)(=O)N[C@@H](C)c2ccccc2OC)cc1C. The van der Waals surface area contributed by atoms with Crippen molar-refractivity contribution in [3.63, 3.8) is 0 Å². The number of hydrogen-bond donors (Lipinski definition) is 1. The fraction of sp³-hybridized carbons (Fsp3) is 0.333. The van der Waals surface area contributed by atoms with E-state index in [0.717, 1.165) is 11.1 Å². The number of methoxy groups -OCH3 is 2. The van der Waals surface area contributed by atoms with Gasteiger partial charge in [-0.1, -0.05) is 18.2 Å². The molecule has 0 aliphatic heterocycles. The highest BCUT2D eigenvalue weighted by Crippen LogP contribution is 2.29. The summed E-state index contributed by atoms with van der Waals surface area (Å²) < 4.78 is 38.9. The summed E-state index contributed by atoms with van der Waals surface area (Å²) in [6.07, 6.45) is 0. The minimum atomic E-state index is -3.67. The molecule has 0 bridgehead atoms. The van der Waals surface area contributed by atoms with Crippen LogP contribution in [0.25, 0.3) is 0 Å². The largest absolute Gasteiger partial charge is 0.496 e. The van der Waals surface area contributed by atoms with Crippen LogP contribution in [-0.4, -0.2) is 22.6 Å². The molecule has 0 aliphatic rings. The second-order valence-electron chi connectivity index (χ2n) is 5.67. The van der Waals surface area contributed by atoms with E-state index in [9.17, 15) is 8.42 Å². The zero-order chi connectivity index (χ0) is 17.9. The lowest BCUT2D eigenvalue weighted by Crippen LogP contribution is -2.27. The first-order valence-electron chi connectivity index (χ1n) is 7.60. The molecule has 0 aromatic heterocycles. The summed E-state index contributed by atoms with van der Waals surface area (Å²) in [7, 11) is -0.538. The van der Waals surface area contributed by atoms with E-state index >= 15 is 0 Å². The van der Waals surface area contributed by atoms with Crippen LogP contribution in [0, 0.1) is 13.8 Å². The van der Waals surface area contributed by atoms with Gasteiger partial charge in [0.05, 0.1) is 19.1 Å². The number of benzene rings is 2. The molecule has 24 heavy (non-hydrogen) atoms. The molecule has 0 saturated carbocycles. The molecular weight excluding hydrogens is 326 g/mol. The highest BCUT2D eigenvalue weighted by Gasteiger charge is 2.23. The summed E-state index contributed by atoms with van der Waals surface area (Å²) in [6.45, 7) is 5.37. The molecule has 0 amide bonds. The summed E-state index contributed by atoms with van der Waals surface area (Å²) >= 11 is 0. The van der Waals surface area contributed by atoms with Crippen molar-refractivity contribution in [1.29, 1.82) is 0 Å². The minimum Gasteiger partial charge on any atom is -0.496 e. The van der Waals surface area contributed by atoms with E-state index in [2.05, 4.69) is 4.72 Å². The quantitative estimate of drug-likeness (QED) is 0.868. The molecule has 2 aromatic carbocycles. The molecule has 1 atom stereocenters. The molecule has 0 radical (unpaired) electrons. The molecule has 0 unspecified atom stereocenters. The van der Waals surface area contributed by atoms with Crippen molar-refractivity contribution in [3.8, 4) is 11.5 Å². The Morgan fingerprint density at radius 3 is 2.21 bits per heavy atom. The Balaban J connectivity index is 2.36. The Kier molecular flexibility index (Phi) is 5.51. The van der Waals surface area contributed by atoms with Gasteiger partial charge in [-0.3, -0.25) is 0 Å². The Bertz CT molecular complexity index is 831. The van der Waals surface area contributed by atoms with Gasteiger partial charge in [-0.2, -0.15) is 0 Å². The number of ether oxygens (including phenoxy) is 2. The number of rotatable bonds is 6. The van der Waals surface area contributed by atoms with Crippen LogP contribution in [0.2, 0.25) is 0 Å². The predicted molar refractivity (Wildman–Crippen MR) is 94.2 cm³/mol. The standard InChI is InChI=1S/C18H23NO4S/c1-12-11-18(13(2)10-17(12)23-5)24(20,21)19-14(3)15-8-6-7-9-16(15)22-4/h6-11,14,19H,1-5H3/t14-/m0/s1. The Morgan fingerprint density at radius 2 is 1.58 bits per heavy atom. The topological polar surface area (TPSA) is 64.6 Å². The van der Waals surface area contributed by atoms with Crippen molar-refractivity contribution >= 4 is 10.0 Å². The van der Waals surface area contributed by atoms with Gasteiger partial charge >= 0.3 is 0 Å². The van der Waals surface area contributed by atoms with Crippen LogP contribution in [0.15, 0.2) is 41.3 Å². The summed E-state index contributed by atoms with van der Waals surface area (Å²) in [5.41, 5.74) is 2.19. The third-order valence-electron chi connectivity index (χ3n) is 3.92. The van der Waals surface area contributed by atoms with Gasteiger partial charge in [0.1, 0.15) is 11.5 Å². The number of sulfonamides is 1. The molecule has 0 spiro atoms. The second-order valence-corrected chi connectivity index (χ2v) is 7.35. The second kappa shape index (κ2) is 7.23. The maximum Gasteiger partial charge on any atom is 0.241 e. The van der Waals surface area contributed by atoms with Crippen LogP contribution in [0.5, 0.6) is 11.5 Å². The average molecular weight is 349 g/mol. The molecule has 1 N–H and O–H groups in total. The van der Waals surface area contributed by atoms with E-state index in [-0.39, 0.29) is 4.90 Å². The Morgan fingerprint density at radius 1 is 0.958 bits per heavy atom. The third-order valence-corrected chi connectivity index (χ3v) is 5.60. The number of hydrogen-bond acceptors (Lipinski definition) is 4. The first kappa shape index (κ1) is 18.3. The molecule has 2 aromatic rings. The van der Waals surface area contributed by atoms with Crippen molar-refractivity contribution < 1.29 is 17.9 Å². The lowest BCUT2D eigenvalue weighted by atomic mass is 10.1. The Hall–Kier alpha value is -2.05. The Labute approximate surface area is 143 Å². The summed E-state index contributed by atoms with van der Waals surface area (Å²) in [4.78, 5) is 0.252. The zero-order valence-corrected chi connectivity index (χ0v) is 15.4. The van der Waals surface area contributed by atoms with Crippen LogP contribution in [0.1, 0.15) is 29.7 Å². The van der Waals surface area contributed by atoms with Crippen LogP contribution < -0.4 is 14.2 Å². The maximum atomic E-state index is 12.8.